The summed E-state index contributed by atoms with van der Waals surface area (Å²) >= 11 is 5.94. The molecule has 0 amide bonds. The molecule has 0 radical (unpaired) electrons. The van der Waals surface area contributed by atoms with E-state index in [0.717, 1.165) is 52.9 Å². The molecule has 5 rings (SSSR count). The molecule has 5 nitrogen and oxygen atoms in total. The SMILES string of the molecule is CN1CCCC1CCOc1ccc(-n2cnc(-c3ccc(OCCc4ccc(Cl)cc4)cc3)c2)cc1. The van der Waals surface area contributed by atoms with Gasteiger partial charge in [-0.25, -0.2) is 4.98 Å². The summed E-state index contributed by atoms with van der Waals surface area (Å²) in [6, 6.07) is 24.8. The predicted octanol–water partition coefficient (Wildman–Crippen LogP) is 6.68. The zero-order valence-corrected chi connectivity index (χ0v) is 21.4. The molecule has 1 aliphatic rings. The molecule has 2 heterocycles. The van der Waals surface area contributed by atoms with Crippen LogP contribution in [-0.4, -0.2) is 47.3 Å². The molecule has 186 valence electrons. The highest BCUT2D eigenvalue weighted by atomic mass is 35.5. The first-order valence-corrected chi connectivity index (χ1v) is 13.0. The Labute approximate surface area is 218 Å². The Kier molecular flexibility index (Phi) is 7.89. The Balaban J connectivity index is 1.12. The van der Waals surface area contributed by atoms with Gasteiger partial charge in [-0.05, 0) is 99.1 Å². The van der Waals surface area contributed by atoms with Crippen LogP contribution in [0.3, 0.4) is 0 Å². The van der Waals surface area contributed by atoms with Gasteiger partial charge < -0.3 is 18.9 Å². The van der Waals surface area contributed by atoms with Gasteiger partial charge in [-0.2, -0.15) is 0 Å². The number of imidazole rings is 1. The van der Waals surface area contributed by atoms with Gasteiger partial charge >= 0.3 is 0 Å². The maximum atomic E-state index is 5.98. The molecule has 36 heavy (non-hydrogen) atoms. The Morgan fingerprint density at radius 1 is 0.889 bits per heavy atom. The van der Waals surface area contributed by atoms with Gasteiger partial charge in [0, 0.05) is 34.9 Å². The Morgan fingerprint density at radius 2 is 1.58 bits per heavy atom. The molecule has 1 atom stereocenters. The highest BCUT2D eigenvalue weighted by Crippen LogP contribution is 2.24. The Hall–Kier alpha value is -3.28. The molecule has 6 heteroatoms. The molecule has 1 unspecified atom stereocenters. The molecule has 0 N–H and O–H groups in total. The van der Waals surface area contributed by atoms with E-state index in [1.165, 1.54) is 24.9 Å². The van der Waals surface area contributed by atoms with E-state index in [4.69, 9.17) is 21.1 Å². The summed E-state index contributed by atoms with van der Waals surface area (Å²) < 4.78 is 13.9. The average molecular weight is 502 g/mol. The normalized spacial score (nSPS) is 15.8. The third-order valence-corrected chi connectivity index (χ3v) is 7.08. The fraction of sp³-hybridized carbons (Fsp3) is 0.300. The van der Waals surface area contributed by atoms with Crippen LogP contribution in [0.25, 0.3) is 16.9 Å². The van der Waals surface area contributed by atoms with Gasteiger partial charge in [0.1, 0.15) is 11.5 Å². The minimum Gasteiger partial charge on any atom is -0.494 e. The van der Waals surface area contributed by atoms with E-state index in [0.29, 0.717) is 12.6 Å². The number of hydrogen-bond acceptors (Lipinski definition) is 4. The maximum absolute atomic E-state index is 5.98. The van der Waals surface area contributed by atoms with Crippen molar-refractivity contribution in [2.75, 3.05) is 26.8 Å². The third-order valence-electron chi connectivity index (χ3n) is 6.83. The molecule has 0 saturated carbocycles. The van der Waals surface area contributed by atoms with Gasteiger partial charge in [0.2, 0.25) is 0 Å². The van der Waals surface area contributed by atoms with Gasteiger partial charge in [-0.3, -0.25) is 0 Å². The summed E-state index contributed by atoms with van der Waals surface area (Å²) in [5, 5.41) is 0.752. The van der Waals surface area contributed by atoms with E-state index in [9.17, 15) is 0 Å². The number of nitrogens with zero attached hydrogens (tertiary/aromatic N) is 3. The number of ether oxygens (including phenoxy) is 2. The van der Waals surface area contributed by atoms with E-state index in [1.807, 2.05) is 77.8 Å². The monoisotopic (exact) mass is 501 g/mol. The minimum absolute atomic E-state index is 0.618. The van der Waals surface area contributed by atoms with Gasteiger partial charge in [0.25, 0.3) is 0 Å². The summed E-state index contributed by atoms with van der Waals surface area (Å²) in [4.78, 5) is 7.04. The first-order valence-electron chi connectivity index (χ1n) is 12.6. The number of halogens is 1. The van der Waals surface area contributed by atoms with Crippen LogP contribution in [0.2, 0.25) is 5.02 Å². The smallest absolute Gasteiger partial charge is 0.119 e. The fourth-order valence-corrected chi connectivity index (χ4v) is 4.77. The van der Waals surface area contributed by atoms with Crippen LogP contribution < -0.4 is 9.47 Å². The van der Waals surface area contributed by atoms with Crippen molar-refractivity contribution in [3.05, 3.63) is 95.9 Å². The van der Waals surface area contributed by atoms with Crippen LogP contribution in [0, 0.1) is 0 Å². The van der Waals surface area contributed by atoms with Crippen LogP contribution in [0.15, 0.2) is 85.3 Å². The standard InChI is InChI=1S/C30H32ClN3O2/c1-33-18-2-3-26(33)17-20-36-29-14-10-27(11-15-29)34-21-30(32-22-34)24-6-12-28(13-7-24)35-19-16-23-4-8-25(31)9-5-23/h4-15,21-22,26H,2-3,16-20H2,1H3. The van der Waals surface area contributed by atoms with Crippen molar-refractivity contribution in [3.8, 4) is 28.4 Å². The highest BCUT2D eigenvalue weighted by molar-refractivity contribution is 6.30. The average Bonchev–Trinajstić information content (AvgIpc) is 3.56. The van der Waals surface area contributed by atoms with E-state index in [1.54, 1.807) is 0 Å². The molecular formula is C30H32ClN3O2. The molecule has 0 aliphatic carbocycles. The van der Waals surface area contributed by atoms with Crippen LogP contribution >= 0.6 is 11.6 Å². The largest absolute Gasteiger partial charge is 0.494 e. The van der Waals surface area contributed by atoms with Gasteiger partial charge in [-0.15, -0.1) is 0 Å². The predicted molar refractivity (Wildman–Crippen MR) is 145 cm³/mol. The number of likely N-dealkylation sites (tertiary alicyclic amines) is 1. The fourth-order valence-electron chi connectivity index (χ4n) is 4.64. The molecule has 1 saturated heterocycles. The molecule has 1 fully saturated rings. The number of hydrogen-bond donors (Lipinski definition) is 0. The maximum Gasteiger partial charge on any atom is 0.119 e. The number of rotatable bonds is 10. The van der Waals surface area contributed by atoms with Crippen molar-refractivity contribution in [2.45, 2.75) is 31.7 Å². The topological polar surface area (TPSA) is 39.5 Å². The van der Waals surface area contributed by atoms with Crippen LogP contribution in [0.1, 0.15) is 24.8 Å². The van der Waals surface area contributed by atoms with E-state index >= 15 is 0 Å². The summed E-state index contributed by atoms with van der Waals surface area (Å²) in [5.74, 6) is 1.76. The Bertz CT molecular complexity index is 1240. The summed E-state index contributed by atoms with van der Waals surface area (Å²) in [6.45, 7) is 2.58. The molecular weight excluding hydrogens is 470 g/mol. The Morgan fingerprint density at radius 3 is 2.28 bits per heavy atom. The number of benzene rings is 3. The van der Waals surface area contributed by atoms with Crippen molar-refractivity contribution >= 4 is 11.6 Å². The zero-order valence-electron chi connectivity index (χ0n) is 20.6. The van der Waals surface area contributed by atoms with Crippen molar-refractivity contribution in [1.82, 2.24) is 14.5 Å². The third kappa shape index (κ3) is 6.28. The van der Waals surface area contributed by atoms with E-state index in [-0.39, 0.29) is 0 Å². The molecule has 1 aliphatic heterocycles. The van der Waals surface area contributed by atoms with Gasteiger partial charge in [-0.1, -0.05) is 23.7 Å². The quantitative estimate of drug-likeness (QED) is 0.243. The summed E-state index contributed by atoms with van der Waals surface area (Å²) in [6.07, 6.45) is 8.38. The van der Waals surface area contributed by atoms with Crippen molar-refractivity contribution in [1.29, 1.82) is 0 Å². The first-order chi connectivity index (χ1) is 17.6. The van der Waals surface area contributed by atoms with Crippen molar-refractivity contribution < 1.29 is 9.47 Å². The molecule has 0 bridgehead atoms. The first kappa shape index (κ1) is 24.4. The van der Waals surface area contributed by atoms with E-state index < -0.39 is 0 Å². The molecule has 0 spiro atoms. The lowest BCUT2D eigenvalue weighted by Crippen LogP contribution is -2.26. The van der Waals surface area contributed by atoms with Gasteiger partial charge in [0.15, 0.2) is 0 Å². The van der Waals surface area contributed by atoms with Crippen molar-refractivity contribution in [2.24, 2.45) is 0 Å². The summed E-state index contributed by atoms with van der Waals surface area (Å²) in [7, 11) is 2.21. The van der Waals surface area contributed by atoms with E-state index in [2.05, 4.69) is 29.1 Å². The lowest BCUT2D eigenvalue weighted by molar-refractivity contribution is 0.233. The highest BCUT2D eigenvalue weighted by Gasteiger charge is 2.20. The summed E-state index contributed by atoms with van der Waals surface area (Å²) in [5.41, 5.74) is 4.23. The minimum atomic E-state index is 0.618. The van der Waals surface area contributed by atoms with Crippen LogP contribution in [-0.2, 0) is 6.42 Å². The molecule has 1 aromatic heterocycles. The number of aromatic nitrogens is 2. The van der Waals surface area contributed by atoms with Crippen molar-refractivity contribution in [3.63, 3.8) is 0 Å². The second-order valence-corrected chi connectivity index (χ2v) is 9.76. The molecule has 4 aromatic rings. The van der Waals surface area contributed by atoms with Crippen LogP contribution in [0.5, 0.6) is 11.5 Å². The van der Waals surface area contributed by atoms with Gasteiger partial charge in [0.05, 0.1) is 25.2 Å². The lowest BCUT2D eigenvalue weighted by atomic mass is 10.1. The second-order valence-electron chi connectivity index (χ2n) is 9.32. The second kappa shape index (κ2) is 11.6. The molecule has 3 aromatic carbocycles. The lowest BCUT2D eigenvalue weighted by Gasteiger charge is -2.19. The van der Waals surface area contributed by atoms with Crippen LogP contribution in [0.4, 0.5) is 0 Å². The zero-order chi connectivity index (χ0) is 24.7.